The van der Waals surface area contributed by atoms with E-state index in [1.165, 1.54) is 41.0 Å². The monoisotopic (exact) mass is 541 g/mol. The van der Waals surface area contributed by atoms with E-state index in [0.29, 0.717) is 25.1 Å². The van der Waals surface area contributed by atoms with Crippen LogP contribution in [0.5, 0.6) is 11.8 Å². The van der Waals surface area contributed by atoms with Crippen molar-refractivity contribution in [1.29, 1.82) is 0 Å². The second-order valence-electron chi connectivity index (χ2n) is 9.26. The molecule has 2 aromatic carbocycles. The van der Waals surface area contributed by atoms with Crippen molar-refractivity contribution in [2.24, 2.45) is 0 Å². The van der Waals surface area contributed by atoms with Crippen LogP contribution in [0, 0.1) is 6.92 Å². The molecule has 1 heterocycles. The van der Waals surface area contributed by atoms with Gasteiger partial charge in [-0.25, -0.2) is 22.7 Å². The molecule has 202 valence electrons. The highest BCUT2D eigenvalue weighted by atomic mass is 32.2. The van der Waals surface area contributed by atoms with E-state index in [1.54, 1.807) is 12.1 Å². The maximum absolute atomic E-state index is 12.3. The van der Waals surface area contributed by atoms with Crippen molar-refractivity contribution in [3.05, 3.63) is 70.8 Å². The molecule has 0 radical (unpaired) electrons. The Morgan fingerprint density at radius 3 is 2.13 bits per heavy atom. The Hall–Kier alpha value is -3.99. The number of hydrogen-bond acceptors (Lipinski definition) is 7. The van der Waals surface area contributed by atoms with E-state index >= 15 is 0 Å². The number of aromatic hydroxyl groups is 2. The fourth-order valence-corrected chi connectivity index (χ4v) is 5.31. The zero-order chi connectivity index (χ0) is 27.3. The molecule has 0 saturated carbocycles. The first-order chi connectivity index (χ1) is 18.2. The number of aryl methyl sites for hydroxylation is 1. The van der Waals surface area contributed by atoms with Gasteiger partial charge in [-0.05, 0) is 81.8 Å². The van der Waals surface area contributed by atoms with Gasteiger partial charge in [-0.15, -0.1) is 0 Å². The van der Waals surface area contributed by atoms with E-state index in [9.17, 15) is 28.2 Å². The number of hydrogen-bond donors (Lipinski definition) is 4. The van der Waals surface area contributed by atoms with Crippen LogP contribution in [-0.4, -0.2) is 41.8 Å². The molecular formula is C27H31N3O7S. The predicted octanol–water partition coefficient (Wildman–Crippen LogP) is 4.23. The number of nitrogens with zero attached hydrogens (tertiary/aromatic N) is 1. The van der Waals surface area contributed by atoms with Crippen LogP contribution < -0.4 is 10.0 Å². The molecule has 0 spiro atoms. The van der Waals surface area contributed by atoms with E-state index < -0.39 is 22.0 Å². The molecule has 11 heteroatoms. The molecule has 1 aromatic heterocycles. The summed E-state index contributed by atoms with van der Waals surface area (Å²) in [6, 6.07) is 11.0. The predicted molar refractivity (Wildman–Crippen MR) is 141 cm³/mol. The molecule has 0 bridgehead atoms. The minimum absolute atomic E-state index is 0.0302. The topological polar surface area (TPSA) is 147 Å². The van der Waals surface area contributed by atoms with Crippen LogP contribution in [0.25, 0.3) is 0 Å². The summed E-state index contributed by atoms with van der Waals surface area (Å²) < 4.78 is 33.4. The van der Waals surface area contributed by atoms with Crippen molar-refractivity contribution in [2.75, 3.05) is 11.9 Å². The van der Waals surface area contributed by atoms with Crippen LogP contribution in [0.1, 0.15) is 52.7 Å². The highest BCUT2D eigenvalue weighted by Gasteiger charge is 2.24. The number of carbonyl (C=O) groups is 2. The second-order valence-corrected chi connectivity index (χ2v) is 10.9. The summed E-state index contributed by atoms with van der Waals surface area (Å²) >= 11 is 0. The first-order valence-electron chi connectivity index (χ1n) is 12.5. The molecule has 4 N–H and O–H groups in total. The fourth-order valence-electron chi connectivity index (χ4n) is 4.40. The van der Waals surface area contributed by atoms with Gasteiger partial charge in [0.25, 0.3) is 10.0 Å². The molecule has 10 nitrogen and oxygen atoms in total. The molecule has 1 aliphatic rings. The Balaban J connectivity index is 1.21. The van der Waals surface area contributed by atoms with Gasteiger partial charge >= 0.3 is 12.0 Å². The number of esters is 1. The summed E-state index contributed by atoms with van der Waals surface area (Å²) in [4.78, 5) is 24.5. The minimum atomic E-state index is -4.02. The molecule has 38 heavy (non-hydrogen) atoms. The minimum Gasteiger partial charge on any atom is -0.494 e. The van der Waals surface area contributed by atoms with Gasteiger partial charge in [0, 0.05) is 23.4 Å². The number of rotatable bonds is 9. The lowest BCUT2D eigenvalue weighted by molar-refractivity contribution is 0.0496. The zero-order valence-corrected chi connectivity index (χ0v) is 21.9. The van der Waals surface area contributed by atoms with E-state index in [2.05, 4.69) is 5.32 Å². The number of nitrogens with one attached hydrogen (secondary N) is 2. The van der Waals surface area contributed by atoms with Gasteiger partial charge in [0.1, 0.15) is 0 Å². The molecule has 0 atom stereocenters. The third-order valence-corrected chi connectivity index (χ3v) is 7.81. The summed E-state index contributed by atoms with van der Waals surface area (Å²) in [6.07, 6.45) is 4.68. The van der Waals surface area contributed by atoms with E-state index in [0.717, 1.165) is 42.4 Å². The Labute approximate surface area is 221 Å². The summed E-state index contributed by atoms with van der Waals surface area (Å²) in [5.41, 5.74) is 3.14. The summed E-state index contributed by atoms with van der Waals surface area (Å²) in [5.74, 6) is -0.279. The molecule has 0 aliphatic heterocycles. The maximum Gasteiger partial charge on any atom is 0.338 e. The van der Waals surface area contributed by atoms with Crippen molar-refractivity contribution in [3.8, 4) is 11.8 Å². The lowest BCUT2D eigenvalue weighted by atomic mass is 9.95. The summed E-state index contributed by atoms with van der Waals surface area (Å²) in [7, 11) is -4.02. The van der Waals surface area contributed by atoms with Gasteiger partial charge in [-0.1, -0.05) is 17.7 Å². The summed E-state index contributed by atoms with van der Waals surface area (Å²) in [5, 5.41) is 23.2. The Morgan fingerprint density at radius 2 is 1.53 bits per heavy atom. The number of sulfonamides is 1. The molecule has 3 aromatic rings. The van der Waals surface area contributed by atoms with Gasteiger partial charge in [0.2, 0.25) is 0 Å². The first kappa shape index (κ1) is 27.1. The Kier molecular flexibility index (Phi) is 8.26. The lowest BCUT2D eigenvalue weighted by Gasteiger charge is -2.10. The number of amides is 2. The standard InChI is InChI=1S/C27H31N3O7S/c1-18-8-14-21(15-9-18)38(35,36)29-27(34)28-20-12-10-19(11-13-20)26(33)37-17-5-4-16-30-24(31)22-6-2-3-7-23(22)25(30)32/h8-15,31-32H,2-7,16-17H2,1H3,(H2,28,29,34). The first-order valence-corrected chi connectivity index (χ1v) is 13.9. The number of benzene rings is 2. The smallest absolute Gasteiger partial charge is 0.338 e. The van der Waals surface area contributed by atoms with Crippen molar-refractivity contribution in [2.45, 2.75) is 56.9 Å². The Bertz CT molecular complexity index is 1380. The molecule has 0 saturated heterocycles. The molecule has 2 amide bonds. The van der Waals surface area contributed by atoms with E-state index in [-0.39, 0.29) is 28.8 Å². The molecule has 0 fully saturated rings. The van der Waals surface area contributed by atoms with Crippen molar-refractivity contribution < 1.29 is 33.0 Å². The van der Waals surface area contributed by atoms with Gasteiger partial charge in [0.15, 0.2) is 11.8 Å². The van der Waals surface area contributed by atoms with Crippen LogP contribution in [0.15, 0.2) is 53.4 Å². The highest BCUT2D eigenvalue weighted by Crippen LogP contribution is 2.38. The normalized spacial score (nSPS) is 13.0. The van der Waals surface area contributed by atoms with Crippen molar-refractivity contribution in [3.63, 3.8) is 0 Å². The SMILES string of the molecule is Cc1ccc(S(=O)(=O)NC(=O)Nc2ccc(C(=O)OCCCCn3c(O)c4c(c3O)CCCC4)cc2)cc1. The number of fused-ring (bicyclic) bond motifs is 1. The van der Waals surface area contributed by atoms with Crippen LogP contribution >= 0.6 is 0 Å². The summed E-state index contributed by atoms with van der Waals surface area (Å²) in [6.45, 7) is 2.41. The Morgan fingerprint density at radius 1 is 0.921 bits per heavy atom. The van der Waals surface area contributed by atoms with E-state index in [4.69, 9.17) is 4.74 Å². The largest absolute Gasteiger partial charge is 0.494 e. The molecular weight excluding hydrogens is 510 g/mol. The van der Waals surface area contributed by atoms with Crippen LogP contribution in [0.3, 0.4) is 0 Å². The number of aromatic nitrogens is 1. The second kappa shape index (κ2) is 11.6. The highest BCUT2D eigenvalue weighted by molar-refractivity contribution is 7.90. The average molecular weight is 542 g/mol. The number of unbranched alkanes of at least 4 members (excludes halogenated alkanes) is 1. The average Bonchev–Trinajstić information content (AvgIpc) is 3.13. The number of anilines is 1. The molecule has 0 unspecified atom stereocenters. The van der Waals surface area contributed by atoms with Crippen molar-refractivity contribution in [1.82, 2.24) is 9.29 Å². The fraction of sp³-hybridized carbons (Fsp3) is 0.333. The van der Waals surface area contributed by atoms with Gasteiger partial charge in [0.05, 0.1) is 17.1 Å². The quantitative estimate of drug-likeness (QED) is 0.234. The van der Waals surface area contributed by atoms with Gasteiger partial charge in [-0.3, -0.25) is 4.57 Å². The molecule has 1 aliphatic carbocycles. The zero-order valence-electron chi connectivity index (χ0n) is 21.1. The van der Waals surface area contributed by atoms with E-state index in [1.807, 2.05) is 11.6 Å². The van der Waals surface area contributed by atoms with Gasteiger partial charge < -0.3 is 20.3 Å². The number of urea groups is 1. The number of carbonyl (C=O) groups excluding carboxylic acids is 2. The van der Waals surface area contributed by atoms with Gasteiger partial charge in [-0.2, -0.15) is 0 Å². The third-order valence-electron chi connectivity index (χ3n) is 6.47. The van der Waals surface area contributed by atoms with Crippen LogP contribution in [-0.2, 0) is 34.1 Å². The number of ether oxygens (including phenoxy) is 1. The van der Waals surface area contributed by atoms with Crippen molar-refractivity contribution >= 4 is 27.7 Å². The van der Waals surface area contributed by atoms with Crippen LogP contribution in [0.2, 0.25) is 0 Å². The van der Waals surface area contributed by atoms with Crippen LogP contribution in [0.4, 0.5) is 10.5 Å². The maximum atomic E-state index is 12.3. The lowest BCUT2D eigenvalue weighted by Crippen LogP contribution is -2.34. The molecule has 4 rings (SSSR count). The third kappa shape index (κ3) is 6.28.